The number of fused-ring (bicyclic) bond motifs is 1. The average Bonchev–Trinajstić information content (AvgIpc) is 2.99. The second-order valence-electron chi connectivity index (χ2n) is 5.63. The maximum atomic E-state index is 5.92. The van der Waals surface area contributed by atoms with Crippen LogP contribution in [0.15, 0.2) is 24.3 Å². The summed E-state index contributed by atoms with van der Waals surface area (Å²) in [5.41, 5.74) is 2.80. The molecule has 0 radical (unpaired) electrons. The van der Waals surface area contributed by atoms with Gasteiger partial charge in [-0.05, 0) is 36.8 Å². The Balaban J connectivity index is 1.58. The summed E-state index contributed by atoms with van der Waals surface area (Å²) in [5, 5.41) is 3.63. The van der Waals surface area contributed by atoms with Gasteiger partial charge in [0, 0.05) is 19.2 Å². The number of nitrogens with one attached hydrogen (secondary N) is 1. The van der Waals surface area contributed by atoms with Crippen molar-refractivity contribution in [2.24, 2.45) is 5.92 Å². The third-order valence-electron chi connectivity index (χ3n) is 4.39. The molecule has 0 saturated carbocycles. The number of hydrogen-bond donors (Lipinski definition) is 1. The van der Waals surface area contributed by atoms with Gasteiger partial charge in [-0.1, -0.05) is 24.3 Å². The minimum absolute atomic E-state index is 0.203. The molecule has 0 aliphatic carbocycles. The normalized spacial score (nSPS) is 28.1. The van der Waals surface area contributed by atoms with Gasteiger partial charge in [0.1, 0.15) is 0 Å². The zero-order valence-corrected chi connectivity index (χ0v) is 11.6. The van der Waals surface area contributed by atoms with Gasteiger partial charge in [0.05, 0.1) is 19.3 Å². The number of hydrogen-bond acceptors (Lipinski definition) is 3. The van der Waals surface area contributed by atoms with E-state index in [9.17, 15) is 0 Å². The summed E-state index contributed by atoms with van der Waals surface area (Å²) in [4.78, 5) is 0. The fourth-order valence-corrected chi connectivity index (χ4v) is 3.05. The van der Waals surface area contributed by atoms with Crippen LogP contribution in [0.2, 0.25) is 0 Å². The van der Waals surface area contributed by atoms with Crippen molar-refractivity contribution in [2.45, 2.75) is 31.9 Å². The number of benzene rings is 1. The van der Waals surface area contributed by atoms with Gasteiger partial charge in [-0.15, -0.1) is 0 Å². The lowest BCUT2D eigenvalue weighted by Crippen LogP contribution is -2.38. The highest BCUT2D eigenvalue weighted by molar-refractivity contribution is 5.31. The lowest BCUT2D eigenvalue weighted by Gasteiger charge is -2.28. The smallest absolute Gasteiger partial charge is 0.0952 e. The maximum absolute atomic E-state index is 5.92. The van der Waals surface area contributed by atoms with E-state index in [1.807, 2.05) is 0 Å². The van der Waals surface area contributed by atoms with E-state index in [0.29, 0.717) is 12.0 Å². The van der Waals surface area contributed by atoms with Crippen LogP contribution in [0.3, 0.4) is 0 Å². The van der Waals surface area contributed by atoms with E-state index in [-0.39, 0.29) is 6.10 Å². The number of rotatable bonds is 4. The molecule has 1 N–H and O–H groups in total. The SMILES string of the molecule is CC(NCC1OCCc2ccccc21)C1CCOC1. The molecule has 3 atom stereocenters. The molecule has 2 heterocycles. The van der Waals surface area contributed by atoms with Crippen molar-refractivity contribution in [1.29, 1.82) is 0 Å². The van der Waals surface area contributed by atoms with E-state index < -0.39 is 0 Å². The molecule has 19 heavy (non-hydrogen) atoms. The summed E-state index contributed by atoms with van der Waals surface area (Å²) in [5.74, 6) is 0.652. The molecule has 1 aromatic rings. The zero-order valence-electron chi connectivity index (χ0n) is 11.6. The van der Waals surface area contributed by atoms with Gasteiger partial charge in [-0.2, -0.15) is 0 Å². The van der Waals surface area contributed by atoms with E-state index in [1.54, 1.807) is 0 Å². The van der Waals surface area contributed by atoms with Crippen LogP contribution < -0.4 is 5.32 Å². The first-order valence-electron chi connectivity index (χ1n) is 7.35. The van der Waals surface area contributed by atoms with E-state index in [1.165, 1.54) is 17.5 Å². The van der Waals surface area contributed by atoms with Crippen LogP contribution in [-0.4, -0.2) is 32.4 Å². The van der Waals surface area contributed by atoms with E-state index in [0.717, 1.165) is 32.8 Å². The quantitative estimate of drug-likeness (QED) is 0.902. The molecule has 0 spiro atoms. The van der Waals surface area contributed by atoms with Crippen LogP contribution in [0.5, 0.6) is 0 Å². The van der Waals surface area contributed by atoms with Gasteiger partial charge in [0.2, 0.25) is 0 Å². The van der Waals surface area contributed by atoms with Crippen LogP contribution in [0.25, 0.3) is 0 Å². The average molecular weight is 261 g/mol. The summed E-state index contributed by atoms with van der Waals surface area (Å²) in [6, 6.07) is 9.14. The fraction of sp³-hybridized carbons (Fsp3) is 0.625. The first-order valence-corrected chi connectivity index (χ1v) is 7.35. The van der Waals surface area contributed by atoms with Crippen molar-refractivity contribution >= 4 is 0 Å². The minimum Gasteiger partial charge on any atom is -0.381 e. The molecule has 3 unspecified atom stereocenters. The monoisotopic (exact) mass is 261 g/mol. The predicted octanol–water partition coefficient (Wildman–Crippen LogP) is 2.32. The Morgan fingerprint density at radius 1 is 1.32 bits per heavy atom. The van der Waals surface area contributed by atoms with E-state index in [4.69, 9.17) is 9.47 Å². The molecule has 2 aliphatic rings. The Hall–Kier alpha value is -0.900. The van der Waals surface area contributed by atoms with Crippen molar-refractivity contribution in [3.8, 4) is 0 Å². The highest BCUT2D eigenvalue weighted by Crippen LogP contribution is 2.26. The zero-order chi connectivity index (χ0) is 13.1. The van der Waals surface area contributed by atoms with Gasteiger partial charge in [-0.3, -0.25) is 0 Å². The molecule has 0 amide bonds. The molecule has 1 saturated heterocycles. The van der Waals surface area contributed by atoms with E-state index >= 15 is 0 Å². The molecule has 3 heteroatoms. The molecule has 3 rings (SSSR count). The van der Waals surface area contributed by atoms with Crippen molar-refractivity contribution in [1.82, 2.24) is 5.32 Å². The second-order valence-corrected chi connectivity index (χ2v) is 5.63. The third kappa shape index (κ3) is 2.99. The largest absolute Gasteiger partial charge is 0.381 e. The highest BCUT2D eigenvalue weighted by atomic mass is 16.5. The Bertz CT molecular complexity index is 415. The van der Waals surface area contributed by atoms with Gasteiger partial charge >= 0.3 is 0 Å². The van der Waals surface area contributed by atoms with Crippen molar-refractivity contribution in [3.05, 3.63) is 35.4 Å². The van der Waals surface area contributed by atoms with Crippen LogP contribution >= 0.6 is 0 Å². The van der Waals surface area contributed by atoms with Gasteiger partial charge < -0.3 is 14.8 Å². The molecule has 104 valence electrons. The summed E-state index contributed by atoms with van der Waals surface area (Å²) in [6.45, 7) is 5.81. The lowest BCUT2D eigenvalue weighted by atomic mass is 9.96. The van der Waals surface area contributed by atoms with Gasteiger partial charge in [0.25, 0.3) is 0 Å². The molecular weight excluding hydrogens is 238 g/mol. The summed E-state index contributed by atoms with van der Waals surface area (Å²) in [6.07, 6.45) is 2.42. The second kappa shape index (κ2) is 6.04. The maximum Gasteiger partial charge on any atom is 0.0952 e. The summed E-state index contributed by atoms with van der Waals surface area (Å²) < 4.78 is 11.4. The Kier molecular flexibility index (Phi) is 4.16. The molecule has 1 aromatic carbocycles. The lowest BCUT2D eigenvalue weighted by molar-refractivity contribution is 0.0394. The van der Waals surface area contributed by atoms with E-state index in [2.05, 4.69) is 36.5 Å². The van der Waals surface area contributed by atoms with Crippen molar-refractivity contribution in [2.75, 3.05) is 26.4 Å². The van der Waals surface area contributed by atoms with Crippen LogP contribution in [-0.2, 0) is 15.9 Å². The van der Waals surface area contributed by atoms with Gasteiger partial charge in [-0.25, -0.2) is 0 Å². The fourth-order valence-electron chi connectivity index (χ4n) is 3.05. The highest BCUT2D eigenvalue weighted by Gasteiger charge is 2.25. The van der Waals surface area contributed by atoms with Crippen LogP contribution in [0.1, 0.15) is 30.6 Å². The van der Waals surface area contributed by atoms with Crippen LogP contribution in [0, 0.1) is 5.92 Å². The molecule has 0 bridgehead atoms. The molecule has 3 nitrogen and oxygen atoms in total. The Morgan fingerprint density at radius 3 is 3.05 bits per heavy atom. The first-order chi connectivity index (χ1) is 9.34. The summed E-state index contributed by atoms with van der Waals surface area (Å²) in [7, 11) is 0. The predicted molar refractivity (Wildman–Crippen MR) is 75.2 cm³/mol. The number of ether oxygens (including phenoxy) is 2. The molecule has 2 aliphatic heterocycles. The Morgan fingerprint density at radius 2 is 2.21 bits per heavy atom. The topological polar surface area (TPSA) is 30.5 Å². The van der Waals surface area contributed by atoms with Crippen molar-refractivity contribution < 1.29 is 9.47 Å². The first kappa shape index (κ1) is 13.1. The Labute approximate surface area is 115 Å². The minimum atomic E-state index is 0.203. The molecular formula is C16H23NO2. The van der Waals surface area contributed by atoms with Crippen molar-refractivity contribution in [3.63, 3.8) is 0 Å². The molecule has 1 fully saturated rings. The third-order valence-corrected chi connectivity index (χ3v) is 4.39. The molecule has 0 aromatic heterocycles. The van der Waals surface area contributed by atoms with Gasteiger partial charge in [0.15, 0.2) is 0 Å². The standard InChI is InChI=1S/C16H23NO2/c1-12(14-6-8-18-11-14)17-10-16-15-5-3-2-4-13(15)7-9-19-16/h2-5,12,14,16-17H,6-11H2,1H3. The van der Waals surface area contributed by atoms with Crippen LogP contribution in [0.4, 0.5) is 0 Å². The summed E-state index contributed by atoms with van der Waals surface area (Å²) >= 11 is 0.